The predicted octanol–water partition coefficient (Wildman–Crippen LogP) is 1.03. The lowest BCUT2D eigenvalue weighted by atomic mass is 9.79. The Kier molecular flexibility index (Phi) is 8.20. The van der Waals surface area contributed by atoms with E-state index < -0.39 is 5.41 Å². The minimum atomic E-state index is -0.398. The second-order valence-electron chi connectivity index (χ2n) is 4.43. The van der Waals surface area contributed by atoms with Gasteiger partial charge in [-0.25, -0.2) is 0 Å². The summed E-state index contributed by atoms with van der Waals surface area (Å²) in [5, 5.41) is 3.05. The second kappa shape index (κ2) is 8.19. The molecular formula is C11H23ClN2O2S. The van der Waals surface area contributed by atoms with Crippen molar-refractivity contribution < 1.29 is 9.53 Å². The van der Waals surface area contributed by atoms with Gasteiger partial charge in [0.15, 0.2) is 0 Å². The van der Waals surface area contributed by atoms with Gasteiger partial charge in [0.2, 0.25) is 5.91 Å². The van der Waals surface area contributed by atoms with E-state index in [-0.39, 0.29) is 24.4 Å². The molecule has 3 N–H and O–H groups in total. The number of nitrogens with one attached hydrogen (secondary N) is 1. The minimum absolute atomic E-state index is 0. The van der Waals surface area contributed by atoms with Gasteiger partial charge in [0, 0.05) is 31.6 Å². The number of hydrogen-bond donors (Lipinski definition) is 2. The third-order valence-electron chi connectivity index (χ3n) is 3.12. The molecule has 0 aromatic heterocycles. The molecule has 0 bridgehead atoms. The van der Waals surface area contributed by atoms with E-state index in [0.29, 0.717) is 19.8 Å². The molecule has 1 atom stereocenters. The van der Waals surface area contributed by atoms with Gasteiger partial charge in [-0.15, -0.1) is 12.4 Å². The van der Waals surface area contributed by atoms with Crippen molar-refractivity contribution in [3.63, 3.8) is 0 Å². The molecule has 1 amide bonds. The van der Waals surface area contributed by atoms with Gasteiger partial charge in [-0.2, -0.15) is 11.8 Å². The normalized spacial score (nSPS) is 20.2. The van der Waals surface area contributed by atoms with E-state index in [1.165, 1.54) is 0 Å². The van der Waals surface area contributed by atoms with E-state index in [9.17, 15) is 4.79 Å². The number of rotatable bonds is 5. The molecule has 1 aliphatic rings. The zero-order chi connectivity index (χ0) is 12.0. The molecule has 0 aliphatic carbocycles. The maximum Gasteiger partial charge on any atom is 0.227 e. The first-order valence-corrected chi connectivity index (χ1v) is 7.12. The fourth-order valence-electron chi connectivity index (χ4n) is 1.95. The van der Waals surface area contributed by atoms with Crippen LogP contribution < -0.4 is 11.1 Å². The molecule has 1 fully saturated rings. The van der Waals surface area contributed by atoms with Crippen molar-refractivity contribution >= 4 is 30.1 Å². The van der Waals surface area contributed by atoms with Crippen molar-refractivity contribution in [3.8, 4) is 0 Å². The van der Waals surface area contributed by atoms with Crippen LogP contribution in [0.25, 0.3) is 0 Å². The molecule has 1 aliphatic heterocycles. The van der Waals surface area contributed by atoms with Crippen molar-refractivity contribution in [2.24, 2.45) is 11.1 Å². The highest BCUT2D eigenvalue weighted by atomic mass is 35.5. The van der Waals surface area contributed by atoms with Crippen molar-refractivity contribution in [3.05, 3.63) is 0 Å². The van der Waals surface area contributed by atoms with Gasteiger partial charge in [0.25, 0.3) is 0 Å². The maximum absolute atomic E-state index is 12.2. The summed E-state index contributed by atoms with van der Waals surface area (Å²) in [5.41, 5.74) is 5.37. The first kappa shape index (κ1) is 17.0. The van der Waals surface area contributed by atoms with E-state index >= 15 is 0 Å². The Bertz CT molecular complexity index is 236. The van der Waals surface area contributed by atoms with Crippen molar-refractivity contribution in [1.82, 2.24) is 5.32 Å². The Labute approximate surface area is 114 Å². The fourth-order valence-corrected chi connectivity index (χ4v) is 2.54. The highest BCUT2D eigenvalue weighted by Crippen LogP contribution is 2.29. The van der Waals surface area contributed by atoms with Crippen molar-refractivity contribution in [1.29, 1.82) is 0 Å². The standard InChI is InChI=1S/C11H22N2O2S.ClH/c1-9(7-16-2)13-10(14)11(8-12)3-5-15-6-4-11;/h9H,3-8,12H2,1-2H3,(H,13,14);1H. The third-order valence-corrected chi connectivity index (χ3v) is 3.95. The molecule has 0 saturated carbocycles. The third kappa shape index (κ3) is 4.66. The lowest BCUT2D eigenvalue weighted by Crippen LogP contribution is -2.51. The molecule has 6 heteroatoms. The van der Waals surface area contributed by atoms with E-state index in [2.05, 4.69) is 5.32 Å². The molecule has 0 spiro atoms. The van der Waals surface area contributed by atoms with Gasteiger partial charge in [0.1, 0.15) is 0 Å². The summed E-state index contributed by atoms with van der Waals surface area (Å²) >= 11 is 1.73. The van der Waals surface area contributed by atoms with E-state index in [0.717, 1.165) is 18.6 Å². The Hall–Kier alpha value is 0.0300. The van der Waals surface area contributed by atoms with Crippen LogP contribution in [0.3, 0.4) is 0 Å². The van der Waals surface area contributed by atoms with Crippen LogP contribution in [0.4, 0.5) is 0 Å². The molecule has 0 aromatic carbocycles. The Balaban J connectivity index is 0.00000256. The van der Waals surface area contributed by atoms with Crippen LogP contribution in [0.1, 0.15) is 19.8 Å². The van der Waals surface area contributed by atoms with Crippen LogP contribution in [0.15, 0.2) is 0 Å². The molecule has 1 rings (SSSR count). The number of hydrogen-bond acceptors (Lipinski definition) is 4. The summed E-state index contributed by atoms with van der Waals surface area (Å²) in [6.07, 6.45) is 3.51. The molecule has 0 radical (unpaired) electrons. The second-order valence-corrected chi connectivity index (χ2v) is 5.34. The van der Waals surface area contributed by atoms with E-state index in [4.69, 9.17) is 10.5 Å². The van der Waals surface area contributed by atoms with E-state index in [1.807, 2.05) is 13.2 Å². The molecule has 102 valence electrons. The quantitative estimate of drug-likeness (QED) is 0.791. The van der Waals surface area contributed by atoms with Crippen LogP contribution >= 0.6 is 24.2 Å². The van der Waals surface area contributed by atoms with Crippen molar-refractivity contribution in [2.75, 3.05) is 31.8 Å². The number of carbonyl (C=O) groups is 1. The molecule has 0 aromatic rings. The largest absolute Gasteiger partial charge is 0.381 e. The van der Waals surface area contributed by atoms with Crippen LogP contribution in [-0.4, -0.2) is 43.7 Å². The smallest absolute Gasteiger partial charge is 0.227 e. The van der Waals surface area contributed by atoms with Crippen LogP contribution in [0.2, 0.25) is 0 Å². The summed E-state index contributed by atoms with van der Waals surface area (Å²) in [5.74, 6) is 1.03. The highest BCUT2D eigenvalue weighted by molar-refractivity contribution is 7.98. The lowest BCUT2D eigenvalue weighted by molar-refractivity contribution is -0.136. The summed E-state index contributed by atoms with van der Waals surface area (Å²) in [6.45, 7) is 3.72. The first-order chi connectivity index (χ1) is 7.64. The predicted molar refractivity (Wildman–Crippen MR) is 74.8 cm³/mol. The highest BCUT2D eigenvalue weighted by Gasteiger charge is 2.39. The number of halogens is 1. The summed E-state index contributed by atoms with van der Waals surface area (Å²) in [7, 11) is 0. The Morgan fingerprint density at radius 2 is 2.12 bits per heavy atom. The van der Waals surface area contributed by atoms with Gasteiger partial charge in [-0.05, 0) is 26.0 Å². The number of nitrogens with two attached hydrogens (primary N) is 1. The summed E-state index contributed by atoms with van der Waals surface area (Å²) in [6, 6.07) is 0.203. The topological polar surface area (TPSA) is 64.4 Å². The van der Waals surface area contributed by atoms with Gasteiger partial charge in [-0.1, -0.05) is 0 Å². The van der Waals surface area contributed by atoms with Crippen LogP contribution in [0, 0.1) is 5.41 Å². The molecular weight excluding hydrogens is 260 g/mol. The lowest BCUT2D eigenvalue weighted by Gasteiger charge is -2.35. The van der Waals surface area contributed by atoms with Gasteiger partial charge < -0.3 is 15.8 Å². The summed E-state index contributed by atoms with van der Waals surface area (Å²) < 4.78 is 5.29. The molecule has 4 nitrogen and oxygen atoms in total. The average molecular weight is 283 g/mol. The van der Waals surface area contributed by atoms with Gasteiger partial charge >= 0.3 is 0 Å². The molecule has 1 heterocycles. The first-order valence-electron chi connectivity index (χ1n) is 5.72. The monoisotopic (exact) mass is 282 g/mol. The number of thioether (sulfide) groups is 1. The van der Waals surface area contributed by atoms with Crippen LogP contribution in [-0.2, 0) is 9.53 Å². The zero-order valence-electron chi connectivity index (χ0n) is 10.5. The molecule has 1 unspecified atom stereocenters. The number of amides is 1. The Morgan fingerprint density at radius 3 is 2.59 bits per heavy atom. The van der Waals surface area contributed by atoms with Gasteiger partial charge in [0.05, 0.1) is 5.41 Å². The molecule has 17 heavy (non-hydrogen) atoms. The number of ether oxygens (including phenoxy) is 1. The SMILES string of the molecule is CSCC(C)NC(=O)C1(CN)CCOCC1.Cl. The van der Waals surface area contributed by atoms with Gasteiger partial charge in [-0.3, -0.25) is 4.79 Å². The zero-order valence-corrected chi connectivity index (χ0v) is 12.2. The van der Waals surface area contributed by atoms with Crippen LogP contribution in [0.5, 0.6) is 0 Å². The van der Waals surface area contributed by atoms with E-state index in [1.54, 1.807) is 11.8 Å². The minimum Gasteiger partial charge on any atom is -0.381 e. The van der Waals surface area contributed by atoms with Crippen molar-refractivity contribution in [2.45, 2.75) is 25.8 Å². The Morgan fingerprint density at radius 1 is 1.53 bits per heavy atom. The molecule has 1 saturated heterocycles. The number of carbonyl (C=O) groups excluding carboxylic acids is 1. The average Bonchev–Trinajstić information content (AvgIpc) is 2.30. The fraction of sp³-hybridized carbons (Fsp3) is 0.909. The maximum atomic E-state index is 12.2. The summed E-state index contributed by atoms with van der Waals surface area (Å²) in [4.78, 5) is 12.2.